The zero-order chi connectivity index (χ0) is 22.1. The first kappa shape index (κ1) is 20.4. The van der Waals surface area contributed by atoms with Crippen LogP contribution in [0.2, 0.25) is 0 Å². The molecular weight excluding hydrogens is 406 g/mol. The molecule has 2 unspecified atom stereocenters. The highest BCUT2D eigenvalue weighted by Gasteiger charge is 2.44. The van der Waals surface area contributed by atoms with Crippen molar-refractivity contribution < 1.29 is 18.7 Å². The van der Waals surface area contributed by atoms with Gasteiger partial charge in [0.2, 0.25) is 11.2 Å². The molecule has 7 nitrogen and oxygen atoms in total. The summed E-state index contributed by atoms with van der Waals surface area (Å²) in [7, 11) is 0. The summed E-state index contributed by atoms with van der Waals surface area (Å²) < 4.78 is 31.8. The normalized spacial score (nSPS) is 24.6. The van der Waals surface area contributed by atoms with Crippen LogP contribution in [0.5, 0.6) is 0 Å². The smallest absolute Gasteiger partial charge is 0.341 e. The predicted molar refractivity (Wildman–Crippen MR) is 115 cm³/mol. The van der Waals surface area contributed by atoms with Crippen LogP contribution in [-0.2, 0) is 0 Å². The largest absolute Gasteiger partial charge is 0.477 e. The van der Waals surface area contributed by atoms with Crippen molar-refractivity contribution in [3.63, 3.8) is 0 Å². The summed E-state index contributed by atoms with van der Waals surface area (Å²) in [5.74, 6) is -2.10. The van der Waals surface area contributed by atoms with Crippen LogP contribution in [-0.4, -0.2) is 47.6 Å². The van der Waals surface area contributed by atoms with Crippen molar-refractivity contribution in [1.82, 2.24) is 14.4 Å². The third kappa shape index (κ3) is 3.13. The minimum Gasteiger partial charge on any atom is -0.477 e. The maximum atomic E-state index is 15.8. The van der Waals surface area contributed by atoms with E-state index < -0.39 is 35.0 Å². The molecule has 2 aromatic rings. The highest BCUT2D eigenvalue weighted by Crippen LogP contribution is 2.45. The summed E-state index contributed by atoms with van der Waals surface area (Å²) in [5.41, 5.74) is 5.80. The molecule has 2 saturated carbocycles. The first-order chi connectivity index (χ1) is 14.7. The highest BCUT2D eigenvalue weighted by atomic mass is 19.1. The Bertz CT molecular complexity index is 1150. The number of aromatic nitrogens is 1. The zero-order valence-electron chi connectivity index (χ0n) is 17.5. The molecule has 5 rings (SSSR count). The molecule has 0 radical (unpaired) electrons. The lowest BCUT2D eigenvalue weighted by atomic mass is 10.0. The zero-order valence-corrected chi connectivity index (χ0v) is 17.5. The number of nitrogens with zero attached hydrogens (tertiary/aromatic N) is 2. The van der Waals surface area contributed by atoms with Crippen molar-refractivity contribution in [3.8, 4) is 0 Å². The van der Waals surface area contributed by atoms with Gasteiger partial charge in [0.1, 0.15) is 18.4 Å². The van der Waals surface area contributed by atoms with E-state index in [2.05, 4.69) is 5.32 Å². The number of fused-ring (bicyclic) bond motifs is 1. The molecule has 0 spiro atoms. The molecule has 0 amide bonds. The first-order valence-corrected chi connectivity index (χ1v) is 10.9. The van der Waals surface area contributed by atoms with Gasteiger partial charge in [0.25, 0.3) is 0 Å². The Morgan fingerprint density at radius 1 is 1.35 bits per heavy atom. The van der Waals surface area contributed by atoms with Gasteiger partial charge in [-0.05, 0) is 19.8 Å². The molecule has 3 fully saturated rings. The molecule has 9 heteroatoms. The van der Waals surface area contributed by atoms with Crippen LogP contribution in [0.25, 0.3) is 10.9 Å². The number of nitrogens with one attached hydrogen (secondary N) is 1. The number of benzene rings is 1. The lowest BCUT2D eigenvalue weighted by molar-refractivity contribution is 0.0694. The van der Waals surface area contributed by atoms with Crippen molar-refractivity contribution in [2.75, 3.05) is 25.5 Å². The Labute approximate surface area is 178 Å². The molecule has 0 bridgehead atoms. The van der Waals surface area contributed by atoms with Crippen molar-refractivity contribution in [3.05, 3.63) is 33.4 Å². The number of nitrogens with two attached hydrogens (primary N) is 1. The van der Waals surface area contributed by atoms with Crippen LogP contribution in [0, 0.1) is 12.7 Å². The third-order valence-corrected chi connectivity index (χ3v) is 7.08. The van der Waals surface area contributed by atoms with E-state index in [1.165, 1.54) is 10.8 Å². The number of likely N-dealkylation sites (tertiary alicyclic amines) is 1. The number of aromatic carboxylic acids is 1. The Morgan fingerprint density at radius 2 is 2.00 bits per heavy atom. The van der Waals surface area contributed by atoms with Gasteiger partial charge in [0.15, 0.2) is 5.69 Å². The molecule has 2 heterocycles. The van der Waals surface area contributed by atoms with Gasteiger partial charge in [-0.25, -0.2) is 9.18 Å². The maximum Gasteiger partial charge on any atom is 0.341 e. The van der Waals surface area contributed by atoms with Crippen LogP contribution in [0.15, 0.2) is 11.0 Å². The second-order valence-electron chi connectivity index (χ2n) is 9.26. The number of quaternary nitrogens is 1. The van der Waals surface area contributed by atoms with Gasteiger partial charge in [-0.1, -0.05) is 0 Å². The quantitative estimate of drug-likeness (QED) is 0.481. The lowest BCUT2D eigenvalue weighted by Crippen LogP contribution is -2.54. The van der Waals surface area contributed by atoms with Crippen molar-refractivity contribution in [1.29, 1.82) is 0 Å². The van der Waals surface area contributed by atoms with Crippen molar-refractivity contribution >= 4 is 28.2 Å². The summed E-state index contributed by atoms with van der Waals surface area (Å²) in [6, 6.07) is -0.124. The number of halogens is 2. The fourth-order valence-corrected chi connectivity index (χ4v) is 5.19. The van der Waals surface area contributed by atoms with E-state index in [1.54, 1.807) is 6.92 Å². The van der Waals surface area contributed by atoms with Gasteiger partial charge >= 0.3 is 5.97 Å². The number of hydrogen-bond donors (Lipinski definition) is 3. The van der Waals surface area contributed by atoms with E-state index in [9.17, 15) is 19.1 Å². The number of anilines is 1. The van der Waals surface area contributed by atoms with E-state index in [-0.39, 0.29) is 17.5 Å². The van der Waals surface area contributed by atoms with Crippen molar-refractivity contribution in [2.45, 2.75) is 57.3 Å². The molecular formula is C22H27F2N4O3+. The fraction of sp³-hybridized carbons (Fsp3) is 0.545. The van der Waals surface area contributed by atoms with Gasteiger partial charge in [0.05, 0.1) is 35.7 Å². The summed E-state index contributed by atoms with van der Waals surface area (Å²) in [4.78, 5) is 24.6. The topological polar surface area (TPSA) is 97.3 Å². The fourth-order valence-electron chi connectivity index (χ4n) is 5.19. The van der Waals surface area contributed by atoms with Gasteiger partial charge in [0, 0.05) is 37.1 Å². The standard InChI is InChI=1S/C22H26F2N4O3/c1-11-19-16(21(29)13(22(30)31)9-27(19)15-8-14(15)23)18(25)17(24)20(11)28(6-2-3-7-28)10-26-12-4-5-12/h9,12,14-15,26H,2-8,10H2,1H3,(H2-,25,29,30,31)/p+1. The second kappa shape index (κ2) is 7.00. The van der Waals surface area contributed by atoms with Crippen LogP contribution in [0.4, 0.5) is 20.2 Å². The predicted octanol–water partition coefficient (Wildman–Crippen LogP) is 2.82. The van der Waals surface area contributed by atoms with Gasteiger partial charge in [-0.15, -0.1) is 0 Å². The molecule has 2 atom stereocenters. The van der Waals surface area contributed by atoms with E-state index in [4.69, 9.17) is 5.73 Å². The molecule has 1 aromatic heterocycles. The summed E-state index contributed by atoms with van der Waals surface area (Å²) in [6.07, 6.45) is 4.41. The minimum atomic E-state index is -1.44. The number of alkyl halides is 1. The average Bonchev–Trinajstić information content (AvgIpc) is 3.64. The maximum absolute atomic E-state index is 15.8. The highest BCUT2D eigenvalue weighted by molar-refractivity contribution is 6.01. The summed E-state index contributed by atoms with van der Waals surface area (Å²) >= 11 is 0. The molecule has 1 saturated heterocycles. The Morgan fingerprint density at radius 3 is 2.55 bits per heavy atom. The number of nitrogen functional groups attached to an aromatic ring is 1. The van der Waals surface area contributed by atoms with Crippen LogP contribution >= 0.6 is 0 Å². The van der Waals surface area contributed by atoms with Crippen molar-refractivity contribution in [2.24, 2.45) is 0 Å². The number of hydrogen-bond acceptors (Lipinski definition) is 4. The molecule has 1 aromatic carbocycles. The Hall–Kier alpha value is -2.52. The minimum absolute atomic E-state index is 0.162. The number of carbonyl (C=O) groups is 1. The lowest BCUT2D eigenvalue weighted by Gasteiger charge is -2.36. The molecule has 2 aliphatic carbocycles. The van der Waals surface area contributed by atoms with Gasteiger partial charge in [-0.3, -0.25) is 14.6 Å². The Kier molecular flexibility index (Phi) is 4.60. The first-order valence-electron chi connectivity index (χ1n) is 10.9. The second-order valence-corrected chi connectivity index (χ2v) is 9.26. The molecule has 31 heavy (non-hydrogen) atoms. The third-order valence-electron chi connectivity index (χ3n) is 7.08. The van der Waals surface area contributed by atoms with Crippen LogP contribution in [0.1, 0.15) is 54.1 Å². The number of aryl methyl sites for hydroxylation is 1. The Balaban J connectivity index is 1.80. The van der Waals surface area contributed by atoms with E-state index in [0.717, 1.165) is 38.8 Å². The van der Waals surface area contributed by atoms with E-state index in [1.807, 2.05) is 0 Å². The molecule has 3 aliphatic rings. The van der Waals surface area contributed by atoms with E-state index in [0.29, 0.717) is 34.0 Å². The monoisotopic (exact) mass is 433 g/mol. The van der Waals surface area contributed by atoms with Crippen LogP contribution < -0.4 is 21.0 Å². The molecule has 1 aliphatic heterocycles. The van der Waals surface area contributed by atoms with E-state index >= 15 is 4.39 Å². The molecule has 4 N–H and O–H groups in total. The number of rotatable bonds is 6. The van der Waals surface area contributed by atoms with Gasteiger partial charge < -0.3 is 15.4 Å². The SMILES string of the molecule is Cc1c([N+]2(CNC3CC3)CCCC2)c(F)c(N)c2c(=O)c(C(=O)O)cn(C3CC3F)c12. The van der Waals surface area contributed by atoms with Gasteiger partial charge in [-0.2, -0.15) is 4.39 Å². The number of carboxylic acid groups (broad SMARTS) is 1. The number of pyridine rings is 1. The average molecular weight is 433 g/mol. The number of carboxylic acids is 1. The van der Waals surface area contributed by atoms with Crippen LogP contribution in [0.3, 0.4) is 0 Å². The molecule has 166 valence electrons. The summed E-state index contributed by atoms with van der Waals surface area (Å²) in [5, 5.41) is 12.8. The summed E-state index contributed by atoms with van der Waals surface area (Å²) in [6.45, 7) is 3.80.